The van der Waals surface area contributed by atoms with E-state index in [9.17, 15) is 0 Å². The molecule has 1 aliphatic heterocycles. The number of aromatic nitrogens is 4. The van der Waals surface area contributed by atoms with Gasteiger partial charge in [0.2, 0.25) is 5.75 Å². The number of aryl methyl sites for hydroxylation is 1. The van der Waals surface area contributed by atoms with E-state index in [2.05, 4.69) is 56.2 Å². The van der Waals surface area contributed by atoms with E-state index in [0.29, 0.717) is 16.7 Å². The average Bonchev–Trinajstić information content (AvgIpc) is 3.19. The van der Waals surface area contributed by atoms with Crippen LogP contribution in [0.1, 0.15) is 12.6 Å². The van der Waals surface area contributed by atoms with Crippen LogP contribution < -0.4 is 15.0 Å². The fraction of sp³-hybridized carbons (Fsp3) is 0.632. The fourth-order valence-electron chi connectivity index (χ4n) is 3.25. The molecule has 10 heteroatoms. The van der Waals surface area contributed by atoms with Crippen LogP contribution >= 0.6 is 11.8 Å². The summed E-state index contributed by atoms with van der Waals surface area (Å²) in [4.78, 5) is 16.4. The number of aromatic amines is 1. The van der Waals surface area contributed by atoms with Crippen molar-refractivity contribution in [3.8, 4) is 5.75 Å². The summed E-state index contributed by atoms with van der Waals surface area (Å²) < 4.78 is 5.74. The van der Waals surface area contributed by atoms with Gasteiger partial charge < -0.3 is 19.9 Å². The van der Waals surface area contributed by atoms with Gasteiger partial charge in [-0.3, -0.25) is 10.00 Å². The van der Waals surface area contributed by atoms with Crippen LogP contribution in [0.4, 0.5) is 17.5 Å². The van der Waals surface area contributed by atoms with Crippen molar-refractivity contribution in [3.63, 3.8) is 0 Å². The van der Waals surface area contributed by atoms with Gasteiger partial charge in [-0.2, -0.15) is 5.10 Å². The molecule has 0 atom stereocenters. The van der Waals surface area contributed by atoms with Crippen molar-refractivity contribution in [2.75, 3.05) is 76.9 Å². The number of rotatable bonds is 9. The van der Waals surface area contributed by atoms with Crippen molar-refractivity contribution in [2.24, 2.45) is 0 Å². The first-order valence-corrected chi connectivity index (χ1v) is 11.2. The van der Waals surface area contributed by atoms with Gasteiger partial charge in [0.25, 0.3) is 0 Å². The summed E-state index contributed by atoms with van der Waals surface area (Å²) in [5.41, 5.74) is 1.07. The minimum absolute atomic E-state index is 0.644. The van der Waals surface area contributed by atoms with E-state index in [1.54, 1.807) is 7.11 Å². The highest BCUT2D eigenvalue weighted by molar-refractivity contribution is 7.98. The molecule has 0 spiro atoms. The molecule has 160 valence electrons. The van der Waals surface area contributed by atoms with E-state index in [4.69, 9.17) is 9.72 Å². The Balaban J connectivity index is 1.79. The molecule has 0 unspecified atom stereocenters. The third kappa shape index (κ3) is 5.52. The number of ether oxygens (including phenoxy) is 1. The lowest BCUT2D eigenvalue weighted by Gasteiger charge is -2.36. The molecule has 9 nitrogen and oxygen atoms in total. The Kier molecular flexibility index (Phi) is 7.57. The number of anilines is 3. The summed E-state index contributed by atoms with van der Waals surface area (Å²) in [7, 11) is 5.90. The number of nitrogens with one attached hydrogen (secondary N) is 2. The molecular formula is C19H32N8OS. The first-order valence-electron chi connectivity index (χ1n) is 9.97. The maximum Gasteiger partial charge on any atom is 0.204 e. The van der Waals surface area contributed by atoms with Gasteiger partial charge in [-0.25, -0.2) is 9.97 Å². The number of methoxy groups -OCH3 is 1. The molecule has 2 N–H and O–H groups in total. The number of thioether (sulfide) groups is 1. The van der Waals surface area contributed by atoms with Crippen molar-refractivity contribution < 1.29 is 4.74 Å². The quantitative estimate of drug-likeness (QED) is 0.467. The van der Waals surface area contributed by atoms with Crippen molar-refractivity contribution in [3.05, 3.63) is 11.8 Å². The van der Waals surface area contributed by atoms with Crippen molar-refractivity contribution >= 4 is 29.2 Å². The summed E-state index contributed by atoms with van der Waals surface area (Å²) >= 11 is 1.52. The Bertz CT molecular complexity index is 789. The summed E-state index contributed by atoms with van der Waals surface area (Å²) in [6.07, 6.45) is 2.88. The summed E-state index contributed by atoms with van der Waals surface area (Å²) in [5, 5.41) is 11.4. The molecule has 0 radical (unpaired) electrons. The predicted octanol–water partition coefficient (Wildman–Crippen LogP) is 1.92. The number of nitrogens with zero attached hydrogens (tertiary/aromatic N) is 6. The molecule has 0 aromatic carbocycles. The maximum absolute atomic E-state index is 5.74. The topological polar surface area (TPSA) is 85.4 Å². The highest BCUT2D eigenvalue weighted by Gasteiger charge is 2.24. The van der Waals surface area contributed by atoms with E-state index in [-0.39, 0.29) is 0 Å². The highest BCUT2D eigenvalue weighted by Crippen LogP contribution is 2.36. The fourth-order valence-corrected chi connectivity index (χ4v) is 3.61. The summed E-state index contributed by atoms with van der Waals surface area (Å²) in [6, 6.07) is 1.99. The van der Waals surface area contributed by atoms with Crippen LogP contribution in [-0.4, -0.2) is 96.7 Å². The lowest BCUT2D eigenvalue weighted by Crippen LogP contribution is -2.48. The van der Waals surface area contributed by atoms with E-state index in [1.165, 1.54) is 11.8 Å². The standard InChI is InChI=1S/C19H32N8OS/c1-6-14-13-15(24-23-14)20-17-16(28-4)18(22-19(21-17)29-5)27-11-9-26(10-12-27)8-7-25(2)3/h13H,6-12H2,1-5H3,(H2,20,21,22,23,24). The van der Waals surface area contributed by atoms with Gasteiger partial charge in [-0.15, -0.1) is 0 Å². The molecule has 2 aromatic rings. The minimum atomic E-state index is 0.644. The zero-order chi connectivity index (χ0) is 20.8. The van der Waals surface area contributed by atoms with E-state index in [0.717, 1.165) is 63.0 Å². The number of likely N-dealkylation sites (N-methyl/N-ethyl adjacent to an activating group) is 1. The monoisotopic (exact) mass is 420 g/mol. The molecule has 0 bridgehead atoms. The third-order valence-electron chi connectivity index (χ3n) is 5.01. The van der Waals surface area contributed by atoms with Crippen LogP contribution in [0.5, 0.6) is 5.75 Å². The Morgan fingerprint density at radius 1 is 1.24 bits per heavy atom. The first-order chi connectivity index (χ1) is 14.0. The van der Waals surface area contributed by atoms with Crippen LogP contribution in [0.25, 0.3) is 0 Å². The normalized spacial score (nSPS) is 15.2. The van der Waals surface area contributed by atoms with Crippen molar-refractivity contribution in [1.82, 2.24) is 30.0 Å². The molecule has 3 rings (SSSR count). The molecule has 0 saturated carbocycles. The Hall–Kier alpha value is -2.04. The molecule has 29 heavy (non-hydrogen) atoms. The Morgan fingerprint density at radius 2 is 2.00 bits per heavy atom. The van der Waals surface area contributed by atoms with Gasteiger partial charge in [-0.05, 0) is 26.8 Å². The second-order valence-electron chi connectivity index (χ2n) is 7.30. The van der Waals surface area contributed by atoms with Gasteiger partial charge in [0.15, 0.2) is 22.6 Å². The van der Waals surface area contributed by atoms with Crippen LogP contribution in [0.15, 0.2) is 11.2 Å². The zero-order valence-corrected chi connectivity index (χ0v) is 18.8. The van der Waals surface area contributed by atoms with Gasteiger partial charge >= 0.3 is 0 Å². The lowest BCUT2D eigenvalue weighted by molar-refractivity contribution is 0.228. The molecular weight excluding hydrogens is 388 g/mol. The van der Waals surface area contributed by atoms with Gasteiger partial charge in [0.1, 0.15) is 0 Å². The van der Waals surface area contributed by atoms with E-state index < -0.39 is 0 Å². The average molecular weight is 421 g/mol. The number of hydrogen-bond donors (Lipinski definition) is 2. The van der Waals surface area contributed by atoms with E-state index >= 15 is 0 Å². The molecule has 0 aliphatic carbocycles. The van der Waals surface area contributed by atoms with E-state index in [1.807, 2.05) is 12.3 Å². The van der Waals surface area contributed by atoms with Gasteiger partial charge in [0, 0.05) is 51.0 Å². The van der Waals surface area contributed by atoms with Crippen LogP contribution in [0, 0.1) is 0 Å². The smallest absolute Gasteiger partial charge is 0.204 e. The highest BCUT2D eigenvalue weighted by atomic mass is 32.2. The second kappa shape index (κ2) is 10.1. The first kappa shape index (κ1) is 21.7. The molecule has 0 amide bonds. The van der Waals surface area contributed by atoms with Crippen molar-refractivity contribution in [1.29, 1.82) is 0 Å². The van der Waals surface area contributed by atoms with Crippen molar-refractivity contribution in [2.45, 2.75) is 18.5 Å². The third-order valence-corrected chi connectivity index (χ3v) is 5.56. The van der Waals surface area contributed by atoms with Crippen LogP contribution in [-0.2, 0) is 6.42 Å². The second-order valence-corrected chi connectivity index (χ2v) is 8.08. The maximum atomic E-state index is 5.74. The van der Waals surface area contributed by atoms with Gasteiger partial charge in [-0.1, -0.05) is 18.7 Å². The predicted molar refractivity (Wildman–Crippen MR) is 119 cm³/mol. The zero-order valence-electron chi connectivity index (χ0n) is 18.0. The Labute approximate surface area is 177 Å². The molecule has 1 saturated heterocycles. The number of H-pyrrole nitrogens is 1. The van der Waals surface area contributed by atoms with Crippen LogP contribution in [0.2, 0.25) is 0 Å². The SMILES string of the molecule is CCc1cc(Nc2nc(SC)nc(N3CCN(CCN(C)C)CC3)c2OC)n[nH]1. The molecule has 2 aromatic heterocycles. The number of piperazine rings is 1. The number of hydrogen-bond acceptors (Lipinski definition) is 9. The summed E-state index contributed by atoms with van der Waals surface area (Å²) in [6.45, 7) is 8.10. The lowest BCUT2D eigenvalue weighted by atomic mass is 10.3. The molecule has 1 aliphatic rings. The van der Waals surface area contributed by atoms with Gasteiger partial charge in [0.05, 0.1) is 7.11 Å². The largest absolute Gasteiger partial charge is 0.490 e. The molecule has 1 fully saturated rings. The minimum Gasteiger partial charge on any atom is -0.490 e. The molecule has 3 heterocycles. The Morgan fingerprint density at radius 3 is 2.59 bits per heavy atom. The summed E-state index contributed by atoms with van der Waals surface area (Å²) in [5.74, 6) is 2.87. The van der Waals surface area contributed by atoms with Crippen LogP contribution in [0.3, 0.4) is 0 Å².